The highest BCUT2D eigenvalue weighted by atomic mass is 16.3. The Hall–Kier alpha value is -10.2. The van der Waals surface area contributed by atoms with E-state index in [0.29, 0.717) is 23.1 Å². The average Bonchev–Trinajstić information content (AvgIpc) is 4.16. The van der Waals surface area contributed by atoms with Gasteiger partial charge in [0, 0.05) is 49.0 Å². The Bertz CT molecular complexity index is 4500. The van der Waals surface area contributed by atoms with Gasteiger partial charge >= 0.3 is 0 Å². The number of rotatable bonds is 10. The molecule has 0 aliphatic heterocycles. The summed E-state index contributed by atoms with van der Waals surface area (Å²) in [6.07, 6.45) is 9.99. The van der Waals surface area contributed by atoms with Crippen molar-refractivity contribution in [2.24, 2.45) is 0 Å². The van der Waals surface area contributed by atoms with E-state index in [1.807, 2.05) is 66.7 Å². The van der Waals surface area contributed by atoms with Gasteiger partial charge in [0.05, 0.1) is 22.3 Å². The number of allylic oxidation sites excluding steroid dienone is 4. The van der Waals surface area contributed by atoms with E-state index in [1.54, 1.807) is 6.08 Å². The molecule has 4 heterocycles. The summed E-state index contributed by atoms with van der Waals surface area (Å²) in [7, 11) is 0. The SMILES string of the molecule is C=C/C=C\C=C\c1cc(-c2nc(-c3ccc4c(c3)oc3ccccc34)nc(-c3cccc4c3oc3ccccc34)n2)cc(-c2ccccc2)c1-n1c2ccc(-c3ccccc3)cc2c2cc(-c3ccccc3)ccc21. The first-order chi connectivity index (χ1) is 37.1. The second-order valence-corrected chi connectivity index (χ2v) is 18.7. The van der Waals surface area contributed by atoms with Crippen LogP contribution in [0, 0.1) is 0 Å². The number of aromatic nitrogens is 4. The number of benzene rings is 10. The molecule has 0 amide bonds. The van der Waals surface area contributed by atoms with E-state index in [1.165, 1.54) is 0 Å². The molecule has 0 spiro atoms. The predicted octanol–water partition coefficient (Wildman–Crippen LogP) is 18.5. The second kappa shape index (κ2) is 18.1. The van der Waals surface area contributed by atoms with Crippen molar-refractivity contribution in [2.75, 3.05) is 0 Å². The topological polar surface area (TPSA) is 69.9 Å². The maximum absolute atomic E-state index is 6.63. The predicted molar refractivity (Wildman–Crippen MR) is 310 cm³/mol. The van der Waals surface area contributed by atoms with Gasteiger partial charge in [0.15, 0.2) is 17.5 Å². The van der Waals surface area contributed by atoms with Crippen LogP contribution in [0.5, 0.6) is 0 Å². The maximum atomic E-state index is 6.63. The van der Waals surface area contributed by atoms with Gasteiger partial charge in [-0.1, -0.05) is 195 Å². The fourth-order valence-electron chi connectivity index (χ4n) is 10.7. The minimum absolute atomic E-state index is 0.492. The maximum Gasteiger partial charge on any atom is 0.167 e. The third kappa shape index (κ3) is 7.63. The molecule has 14 rings (SSSR count). The molecule has 0 unspecified atom stereocenters. The fraction of sp³-hybridized carbons (Fsp3) is 0. The van der Waals surface area contributed by atoms with Gasteiger partial charge < -0.3 is 13.4 Å². The molecule has 0 bridgehead atoms. The molecule has 0 aliphatic carbocycles. The van der Waals surface area contributed by atoms with Crippen molar-refractivity contribution in [3.63, 3.8) is 0 Å². The number of para-hydroxylation sites is 3. The van der Waals surface area contributed by atoms with Gasteiger partial charge in [-0.2, -0.15) is 0 Å². The molecule has 14 aromatic rings. The normalized spacial score (nSPS) is 11.9. The van der Waals surface area contributed by atoms with Gasteiger partial charge in [0.2, 0.25) is 0 Å². The van der Waals surface area contributed by atoms with Gasteiger partial charge in [-0.05, 0) is 100 Å². The highest BCUT2D eigenvalue weighted by Gasteiger charge is 2.24. The van der Waals surface area contributed by atoms with Crippen LogP contribution in [0.1, 0.15) is 5.56 Å². The number of hydrogen-bond acceptors (Lipinski definition) is 5. The van der Waals surface area contributed by atoms with E-state index in [2.05, 4.69) is 193 Å². The van der Waals surface area contributed by atoms with Gasteiger partial charge in [-0.3, -0.25) is 0 Å². The largest absolute Gasteiger partial charge is 0.456 e. The third-order valence-electron chi connectivity index (χ3n) is 14.2. The minimum atomic E-state index is 0.492. The smallest absolute Gasteiger partial charge is 0.167 e. The first kappa shape index (κ1) is 43.6. The van der Waals surface area contributed by atoms with Crippen molar-refractivity contribution in [1.82, 2.24) is 19.5 Å². The number of nitrogens with zero attached hydrogens (tertiary/aromatic N) is 4. The van der Waals surface area contributed by atoms with Crippen LogP contribution in [0.15, 0.2) is 264 Å². The van der Waals surface area contributed by atoms with E-state index in [-0.39, 0.29) is 0 Å². The summed E-state index contributed by atoms with van der Waals surface area (Å²) in [5, 5.41) is 6.41. The first-order valence-corrected chi connectivity index (χ1v) is 25.1. The standard InChI is InChI=1S/C69H44N4O2/c1-2-3-4-8-26-49-39-51(68-70-67(50-33-36-54-52-27-15-17-31-62(52)74-64(54)43-50)71-69(72-68)56-30-19-29-55-53-28-16-18-32-63(53)75-66(55)56)42-57(46-24-13-7-14-25-46)65(49)73-60-37-34-47(44-20-9-5-10-21-44)40-58(60)59-41-48(35-38-61(59)73)45-22-11-6-12-23-45/h2-43H,1H2/b4-3-,26-8+. The molecule has 4 aromatic heterocycles. The van der Waals surface area contributed by atoms with Crippen molar-refractivity contribution in [1.29, 1.82) is 0 Å². The summed E-state index contributed by atoms with van der Waals surface area (Å²) in [6, 6.07) is 78.6. The Kier molecular flexibility index (Phi) is 10.6. The molecule has 6 heteroatoms. The Labute approximate surface area is 432 Å². The van der Waals surface area contributed by atoms with Crippen molar-refractivity contribution in [3.05, 3.63) is 261 Å². The van der Waals surface area contributed by atoms with E-state index < -0.39 is 0 Å². The molecule has 6 nitrogen and oxygen atoms in total. The molecule has 0 fully saturated rings. The molecule has 0 saturated heterocycles. The van der Waals surface area contributed by atoms with Crippen LogP contribution in [0.4, 0.5) is 0 Å². The van der Waals surface area contributed by atoms with Crippen LogP contribution in [-0.4, -0.2) is 19.5 Å². The van der Waals surface area contributed by atoms with E-state index in [0.717, 1.165) is 121 Å². The van der Waals surface area contributed by atoms with Crippen LogP contribution in [0.2, 0.25) is 0 Å². The van der Waals surface area contributed by atoms with Gasteiger partial charge in [-0.25, -0.2) is 15.0 Å². The lowest BCUT2D eigenvalue weighted by Crippen LogP contribution is -2.04. The zero-order valence-electron chi connectivity index (χ0n) is 40.6. The second-order valence-electron chi connectivity index (χ2n) is 18.7. The van der Waals surface area contributed by atoms with Gasteiger partial charge in [0.1, 0.15) is 22.3 Å². The number of fused-ring (bicyclic) bond motifs is 9. The summed E-state index contributed by atoms with van der Waals surface area (Å²) in [5.74, 6) is 1.51. The summed E-state index contributed by atoms with van der Waals surface area (Å²) in [5.41, 5.74) is 16.3. The summed E-state index contributed by atoms with van der Waals surface area (Å²) in [4.78, 5) is 16.1. The molecule has 0 radical (unpaired) electrons. The number of furan rings is 2. The van der Waals surface area contributed by atoms with Crippen molar-refractivity contribution >= 4 is 71.8 Å². The lowest BCUT2D eigenvalue weighted by atomic mass is 9.95. The average molecular weight is 961 g/mol. The summed E-state index contributed by atoms with van der Waals surface area (Å²) < 4.78 is 15.5. The molecular formula is C69H44N4O2. The van der Waals surface area contributed by atoms with Crippen LogP contribution < -0.4 is 0 Å². The Morgan fingerprint density at radius 3 is 1.56 bits per heavy atom. The highest BCUT2D eigenvalue weighted by Crippen LogP contribution is 2.44. The Balaban J connectivity index is 1.05. The summed E-state index contributed by atoms with van der Waals surface area (Å²) >= 11 is 0. The monoisotopic (exact) mass is 960 g/mol. The molecule has 0 N–H and O–H groups in total. The van der Waals surface area contributed by atoms with Crippen molar-refractivity contribution in [3.8, 4) is 73.2 Å². The van der Waals surface area contributed by atoms with Crippen LogP contribution in [0.3, 0.4) is 0 Å². The van der Waals surface area contributed by atoms with E-state index in [9.17, 15) is 0 Å². The molecular weight excluding hydrogens is 917 g/mol. The lowest BCUT2D eigenvalue weighted by molar-refractivity contribution is 0.668. The van der Waals surface area contributed by atoms with Crippen LogP contribution in [0.25, 0.3) is 145 Å². The van der Waals surface area contributed by atoms with E-state index >= 15 is 0 Å². The molecule has 0 aliphatic rings. The van der Waals surface area contributed by atoms with E-state index in [4.69, 9.17) is 23.8 Å². The van der Waals surface area contributed by atoms with Gasteiger partial charge in [0.25, 0.3) is 0 Å². The zero-order valence-corrected chi connectivity index (χ0v) is 40.6. The Morgan fingerprint density at radius 1 is 0.347 bits per heavy atom. The Morgan fingerprint density at radius 2 is 0.893 bits per heavy atom. The van der Waals surface area contributed by atoms with Crippen molar-refractivity contribution < 1.29 is 8.83 Å². The van der Waals surface area contributed by atoms with Crippen molar-refractivity contribution in [2.45, 2.75) is 0 Å². The summed E-state index contributed by atoms with van der Waals surface area (Å²) in [6.45, 7) is 3.96. The van der Waals surface area contributed by atoms with Crippen LogP contribution >= 0.6 is 0 Å². The highest BCUT2D eigenvalue weighted by molar-refractivity contribution is 6.13. The first-order valence-electron chi connectivity index (χ1n) is 25.1. The van der Waals surface area contributed by atoms with Crippen LogP contribution in [-0.2, 0) is 0 Å². The fourth-order valence-corrected chi connectivity index (χ4v) is 10.7. The van der Waals surface area contributed by atoms with Gasteiger partial charge in [-0.15, -0.1) is 0 Å². The molecule has 352 valence electrons. The molecule has 10 aromatic carbocycles. The molecule has 0 saturated carbocycles. The minimum Gasteiger partial charge on any atom is -0.456 e. The zero-order chi connectivity index (χ0) is 49.8. The molecule has 75 heavy (non-hydrogen) atoms. The quantitative estimate of drug-likeness (QED) is 0.128. The molecule has 0 atom stereocenters. The third-order valence-corrected chi connectivity index (χ3v) is 14.2. The number of hydrogen-bond donors (Lipinski definition) is 0. The lowest BCUT2D eigenvalue weighted by Gasteiger charge is -2.19.